The van der Waals surface area contributed by atoms with Gasteiger partial charge in [-0.05, 0) is 31.3 Å². The maximum atomic E-state index is 6.88. The molecule has 1 unspecified atom stereocenters. The summed E-state index contributed by atoms with van der Waals surface area (Å²) in [5.74, 6) is 0. The van der Waals surface area contributed by atoms with Crippen molar-refractivity contribution in [2.45, 2.75) is 66.2 Å². The molecule has 1 heterocycles. The van der Waals surface area contributed by atoms with Crippen LogP contribution in [0.1, 0.15) is 41.0 Å². The number of rotatable bonds is 3. The van der Waals surface area contributed by atoms with Gasteiger partial charge in [0.25, 0.3) is 6.69 Å². The van der Waals surface area contributed by atoms with E-state index in [0.29, 0.717) is 5.54 Å². The fraction of sp³-hybridized carbons (Fsp3) is 0.733. The molecule has 0 aromatic carbocycles. The van der Waals surface area contributed by atoms with E-state index in [-0.39, 0.29) is 5.41 Å². The lowest BCUT2D eigenvalue weighted by Crippen LogP contribution is -2.53. The molecule has 0 saturated carbocycles. The summed E-state index contributed by atoms with van der Waals surface area (Å²) < 4.78 is 0. The van der Waals surface area contributed by atoms with Crippen LogP contribution in [0.15, 0.2) is 22.0 Å². The molecule has 110 valence electrons. The lowest BCUT2D eigenvalue weighted by Gasteiger charge is -2.50. The fourth-order valence-electron chi connectivity index (χ4n) is 3.01. The van der Waals surface area contributed by atoms with Crippen LogP contribution in [-0.4, -0.2) is 14.8 Å². The van der Waals surface area contributed by atoms with Gasteiger partial charge in [0, 0.05) is 5.54 Å². The van der Waals surface area contributed by atoms with Crippen LogP contribution in [0.25, 0.3) is 0 Å². The summed E-state index contributed by atoms with van der Waals surface area (Å²) in [5.41, 5.74) is 3.58. The third-order valence-corrected chi connectivity index (χ3v) is 15.0. The first-order valence-corrected chi connectivity index (χ1v) is 14.7. The second-order valence-corrected chi connectivity index (χ2v) is 20.1. The fourth-order valence-corrected chi connectivity index (χ4v) is 18.1. The van der Waals surface area contributed by atoms with Crippen molar-refractivity contribution in [2.75, 3.05) is 0 Å². The first-order valence-electron chi connectivity index (χ1n) is 7.08. The van der Waals surface area contributed by atoms with E-state index in [1.54, 1.807) is 0 Å². The Hall–Kier alpha value is 0.494. The first-order chi connectivity index (χ1) is 8.32. The zero-order valence-corrected chi connectivity index (χ0v) is 17.1. The highest BCUT2D eigenvalue weighted by atomic mass is 35.7. The Morgan fingerprint density at radius 3 is 2.05 bits per heavy atom. The van der Waals surface area contributed by atoms with Gasteiger partial charge in [-0.2, -0.15) is 0 Å². The maximum absolute atomic E-state index is 6.88. The number of hydrogen-bond acceptors (Lipinski definition) is 0. The molecule has 0 aliphatic carbocycles. The van der Waals surface area contributed by atoms with Crippen LogP contribution in [0.3, 0.4) is 0 Å². The van der Waals surface area contributed by atoms with E-state index in [1.165, 1.54) is 16.0 Å². The van der Waals surface area contributed by atoms with Crippen molar-refractivity contribution in [3.8, 4) is 0 Å². The molecule has 1 aliphatic rings. The van der Waals surface area contributed by atoms with Crippen molar-refractivity contribution >= 4 is 36.9 Å². The van der Waals surface area contributed by atoms with Crippen molar-refractivity contribution in [1.29, 1.82) is 0 Å². The summed E-state index contributed by atoms with van der Waals surface area (Å²) in [5, 5.41) is 0. The Morgan fingerprint density at radius 2 is 1.74 bits per heavy atom. The van der Waals surface area contributed by atoms with Gasteiger partial charge < -0.3 is 0 Å². The minimum atomic E-state index is -2.25. The molecule has 1 atom stereocenters. The van der Waals surface area contributed by atoms with Crippen molar-refractivity contribution in [3.63, 3.8) is 0 Å². The van der Waals surface area contributed by atoms with Gasteiger partial charge in [-0.15, -0.1) is 22.2 Å². The lowest BCUT2D eigenvalue weighted by atomic mass is 9.86. The summed E-state index contributed by atoms with van der Waals surface area (Å²) in [7, 11) is -1.43. The largest absolute Gasteiger partial charge is 0.280 e. The van der Waals surface area contributed by atoms with Gasteiger partial charge >= 0.3 is 0 Å². The topological polar surface area (TPSA) is 0 Å². The molecule has 0 saturated heterocycles. The molecule has 0 nitrogen and oxygen atoms in total. The molecular weight excluding hydrogens is 307 g/mol. The van der Waals surface area contributed by atoms with E-state index < -0.39 is 14.8 Å². The molecule has 0 amide bonds. The monoisotopic (exact) mass is 334 g/mol. The summed E-state index contributed by atoms with van der Waals surface area (Å²) >= 11 is 13.8. The highest BCUT2D eigenvalue weighted by Crippen LogP contribution is 2.60. The van der Waals surface area contributed by atoms with Crippen LogP contribution < -0.4 is 0 Å². The molecule has 0 N–H and O–H groups in total. The standard InChI is InChI=1S/C15H28Cl2Si2/c1-9-11(2)13-12(10-15(3,4)5)19(16,17)14(13)18(6,7)8/h9,12H,10H2,1-8H3/b11-9+. The summed E-state index contributed by atoms with van der Waals surface area (Å²) in [6.45, 7) is 16.0. The van der Waals surface area contributed by atoms with E-state index in [1.807, 2.05) is 0 Å². The maximum Gasteiger partial charge on any atom is 0.280 e. The normalized spacial score (nSPS) is 24.5. The molecule has 1 aliphatic heterocycles. The lowest BCUT2D eigenvalue weighted by molar-refractivity contribution is 0.374. The smallest absolute Gasteiger partial charge is 0.140 e. The predicted octanol–water partition coefficient (Wildman–Crippen LogP) is 6.41. The minimum absolute atomic E-state index is 0.275. The minimum Gasteiger partial charge on any atom is -0.140 e. The number of allylic oxidation sites excluding steroid dienone is 3. The van der Waals surface area contributed by atoms with Crippen LogP contribution in [-0.2, 0) is 0 Å². The van der Waals surface area contributed by atoms with E-state index >= 15 is 0 Å². The first kappa shape index (κ1) is 17.5. The highest BCUT2D eigenvalue weighted by molar-refractivity contribution is 7.54. The molecule has 4 heteroatoms. The molecular formula is C15H28Cl2Si2. The van der Waals surface area contributed by atoms with Gasteiger partial charge in [-0.1, -0.05) is 56.9 Å². The second kappa shape index (κ2) is 5.36. The van der Waals surface area contributed by atoms with Crippen molar-refractivity contribution in [3.05, 3.63) is 22.0 Å². The summed E-state index contributed by atoms with van der Waals surface area (Å²) in [6.07, 6.45) is 3.31. The van der Waals surface area contributed by atoms with Crippen LogP contribution in [0.5, 0.6) is 0 Å². The van der Waals surface area contributed by atoms with Gasteiger partial charge in [0.05, 0.1) is 8.07 Å². The zero-order chi connectivity index (χ0) is 15.2. The predicted molar refractivity (Wildman–Crippen MR) is 95.1 cm³/mol. The molecule has 0 radical (unpaired) electrons. The quantitative estimate of drug-likeness (QED) is 0.413. The average molecular weight is 335 g/mol. The highest BCUT2D eigenvalue weighted by Gasteiger charge is 2.58. The zero-order valence-electron chi connectivity index (χ0n) is 13.6. The van der Waals surface area contributed by atoms with E-state index in [4.69, 9.17) is 22.2 Å². The van der Waals surface area contributed by atoms with E-state index in [9.17, 15) is 0 Å². The average Bonchev–Trinajstić information content (AvgIpc) is 2.18. The van der Waals surface area contributed by atoms with Gasteiger partial charge in [0.15, 0.2) is 0 Å². The van der Waals surface area contributed by atoms with Crippen molar-refractivity contribution < 1.29 is 0 Å². The SMILES string of the molecule is C/C=C(\C)C1=C([Si](C)(C)C)[Si](Cl)(Cl)C1CC(C)(C)C. The molecule has 0 spiro atoms. The Bertz CT molecular complexity index is 420. The second-order valence-electron chi connectivity index (χ2n) is 7.95. The molecule has 1 rings (SSSR count). The Morgan fingerprint density at radius 1 is 1.26 bits per heavy atom. The Labute approximate surface area is 130 Å². The number of halogens is 2. The third kappa shape index (κ3) is 3.58. The van der Waals surface area contributed by atoms with Crippen molar-refractivity contribution in [1.82, 2.24) is 0 Å². The van der Waals surface area contributed by atoms with Crippen LogP contribution >= 0.6 is 22.2 Å². The van der Waals surface area contributed by atoms with Crippen LogP contribution in [0.2, 0.25) is 25.2 Å². The van der Waals surface area contributed by atoms with Gasteiger partial charge in [0.2, 0.25) is 0 Å². The van der Waals surface area contributed by atoms with E-state index in [0.717, 1.165) is 6.42 Å². The Balaban J connectivity index is 3.33. The van der Waals surface area contributed by atoms with Crippen LogP contribution in [0, 0.1) is 5.41 Å². The number of hydrogen-bond donors (Lipinski definition) is 0. The molecule has 0 aromatic heterocycles. The molecule has 19 heavy (non-hydrogen) atoms. The molecule has 0 fully saturated rings. The molecule has 0 aromatic rings. The van der Waals surface area contributed by atoms with Gasteiger partial charge in [-0.3, -0.25) is 0 Å². The van der Waals surface area contributed by atoms with Crippen LogP contribution in [0.4, 0.5) is 0 Å². The van der Waals surface area contributed by atoms with Gasteiger partial charge in [0.1, 0.15) is 0 Å². The summed E-state index contributed by atoms with van der Waals surface area (Å²) in [6, 6.07) is 0. The van der Waals surface area contributed by atoms with E-state index in [2.05, 4.69) is 60.3 Å². The molecule has 0 bridgehead atoms. The van der Waals surface area contributed by atoms with Crippen molar-refractivity contribution in [2.24, 2.45) is 5.41 Å². The third-order valence-electron chi connectivity index (χ3n) is 3.81. The Kier molecular flexibility index (Phi) is 4.95. The van der Waals surface area contributed by atoms with Gasteiger partial charge in [-0.25, -0.2) is 0 Å². The summed E-state index contributed by atoms with van der Waals surface area (Å²) in [4.78, 5) is 1.48.